The molecular weight excluding hydrogens is 358 g/mol. The van der Waals surface area contributed by atoms with Gasteiger partial charge in [0.2, 0.25) is 0 Å². The van der Waals surface area contributed by atoms with E-state index in [2.05, 4.69) is 5.32 Å². The Bertz CT molecular complexity index is 854. The van der Waals surface area contributed by atoms with Crippen molar-refractivity contribution in [3.8, 4) is 0 Å². The number of benzene rings is 2. The highest BCUT2D eigenvalue weighted by atomic mass is 35.5. The third kappa shape index (κ3) is 3.08. The molecular formula is C16H9Cl2FN2OS. The number of nitrogens with one attached hydrogen (secondary N) is 1. The van der Waals surface area contributed by atoms with Crippen LogP contribution >= 0.6 is 35.4 Å². The van der Waals surface area contributed by atoms with E-state index < -0.39 is 11.7 Å². The first-order valence-corrected chi connectivity index (χ1v) is 7.70. The Morgan fingerprint density at radius 3 is 2.57 bits per heavy atom. The van der Waals surface area contributed by atoms with Gasteiger partial charge in [0, 0.05) is 0 Å². The molecule has 0 bridgehead atoms. The summed E-state index contributed by atoms with van der Waals surface area (Å²) in [5, 5.41) is 3.70. The van der Waals surface area contributed by atoms with Crippen LogP contribution in [0.4, 0.5) is 10.1 Å². The molecule has 1 aliphatic heterocycles. The van der Waals surface area contributed by atoms with Crippen molar-refractivity contribution >= 4 is 58.2 Å². The zero-order valence-electron chi connectivity index (χ0n) is 11.5. The second kappa shape index (κ2) is 6.28. The van der Waals surface area contributed by atoms with Crippen LogP contribution in [0.3, 0.4) is 0 Å². The fourth-order valence-electron chi connectivity index (χ4n) is 2.16. The van der Waals surface area contributed by atoms with E-state index in [0.717, 1.165) is 4.90 Å². The molecule has 3 nitrogen and oxygen atoms in total. The van der Waals surface area contributed by atoms with Gasteiger partial charge in [0.15, 0.2) is 5.11 Å². The van der Waals surface area contributed by atoms with Crippen molar-refractivity contribution < 1.29 is 9.18 Å². The largest absolute Gasteiger partial charge is 0.327 e. The number of nitrogens with zero attached hydrogens (tertiary/aromatic N) is 1. The van der Waals surface area contributed by atoms with E-state index in [-0.39, 0.29) is 16.5 Å². The van der Waals surface area contributed by atoms with Gasteiger partial charge < -0.3 is 5.32 Å². The lowest BCUT2D eigenvalue weighted by Gasteiger charge is -2.14. The molecule has 0 aliphatic carbocycles. The first kappa shape index (κ1) is 15.9. The molecule has 116 valence electrons. The predicted octanol–water partition coefficient (Wildman–Crippen LogP) is 4.39. The molecule has 2 aromatic carbocycles. The second-order valence-corrected chi connectivity index (χ2v) is 5.95. The van der Waals surface area contributed by atoms with E-state index in [1.165, 1.54) is 12.1 Å². The first-order chi connectivity index (χ1) is 11.0. The molecule has 3 rings (SSSR count). The number of anilines is 1. The number of halogens is 3. The number of amides is 1. The van der Waals surface area contributed by atoms with Gasteiger partial charge in [-0.15, -0.1) is 0 Å². The maximum absolute atomic E-state index is 13.9. The molecule has 0 atom stereocenters. The van der Waals surface area contributed by atoms with Gasteiger partial charge in [0.05, 0.1) is 15.7 Å². The molecule has 1 heterocycles. The van der Waals surface area contributed by atoms with E-state index in [4.69, 9.17) is 35.4 Å². The third-order valence-corrected chi connectivity index (χ3v) is 4.25. The van der Waals surface area contributed by atoms with Gasteiger partial charge in [-0.3, -0.25) is 4.79 Å². The average molecular weight is 367 g/mol. The summed E-state index contributed by atoms with van der Waals surface area (Å²) in [7, 11) is 0. The SMILES string of the molecule is O=C1/C(=C/c2ccc(Cl)c(Cl)c2)NC(=S)N1c1ccccc1F. The molecule has 0 saturated carbocycles. The average Bonchev–Trinajstić information content (AvgIpc) is 2.78. The molecule has 0 unspecified atom stereocenters. The lowest BCUT2D eigenvalue weighted by Crippen LogP contribution is -2.31. The molecule has 0 radical (unpaired) electrons. The minimum absolute atomic E-state index is 0.104. The highest BCUT2D eigenvalue weighted by Gasteiger charge is 2.33. The van der Waals surface area contributed by atoms with Crippen LogP contribution in [-0.4, -0.2) is 11.0 Å². The van der Waals surface area contributed by atoms with Crippen molar-refractivity contribution in [1.82, 2.24) is 5.32 Å². The molecule has 2 aromatic rings. The molecule has 0 aromatic heterocycles. The lowest BCUT2D eigenvalue weighted by atomic mass is 10.2. The summed E-state index contributed by atoms with van der Waals surface area (Å²) in [5.74, 6) is -0.966. The number of carbonyl (C=O) groups is 1. The predicted molar refractivity (Wildman–Crippen MR) is 94.1 cm³/mol. The summed E-state index contributed by atoms with van der Waals surface area (Å²) in [6.45, 7) is 0. The molecule has 1 saturated heterocycles. The van der Waals surface area contributed by atoms with E-state index in [1.54, 1.807) is 36.4 Å². The van der Waals surface area contributed by atoms with Crippen LogP contribution in [0.2, 0.25) is 10.0 Å². The summed E-state index contributed by atoms with van der Waals surface area (Å²) >= 11 is 17.0. The molecule has 1 amide bonds. The summed E-state index contributed by atoms with van der Waals surface area (Å²) < 4.78 is 13.9. The van der Waals surface area contributed by atoms with Crippen LogP contribution in [0, 0.1) is 5.82 Å². The molecule has 1 fully saturated rings. The van der Waals surface area contributed by atoms with E-state index in [9.17, 15) is 9.18 Å². The number of carbonyl (C=O) groups excluding carboxylic acids is 1. The zero-order chi connectivity index (χ0) is 16.6. The number of rotatable bonds is 2. The fraction of sp³-hybridized carbons (Fsp3) is 0. The van der Waals surface area contributed by atoms with Crippen molar-refractivity contribution in [3.05, 3.63) is 69.6 Å². The number of para-hydroxylation sites is 1. The molecule has 1 aliphatic rings. The van der Waals surface area contributed by atoms with Crippen molar-refractivity contribution in [2.75, 3.05) is 4.90 Å². The maximum Gasteiger partial charge on any atom is 0.281 e. The van der Waals surface area contributed by atoms with Gasteiger partial charge >= 0.3 is 0 Å². The van der Waals surface area contributed by atoms with Gasteiger partial charge in [0.25, 0.3) is 5.91 Å². The smallest absolute Gasteiger partial charge is 0.281 e. The van der Waals surface area contributed by atoms with E-state index >= 15 is 0 Å². The van der Waals surface area contributed by atoms with Crippen LogP contribution in [0.25, 0.3) is 6.08 Å². The number of thiocarbonyl (C=S) groups is 1. The second-order valence-electron chi connectivity index (χ2n) is 4.75. The van der Waals surface area contributed by atoms with Crippen molar-refractivity contribution in [2.24, 2.45) is 0 Å². The van der Waals surface area contributed by atoms with Crippen LogP contribution in [0.15, 0.2) is 48.2 Å². The standard InChI is InChI=1S/C16H9Cl2FN2OS/c17-10-6-5-9(7-11(10)18)8-13-15(22)21(16(23)20-13)14-4-2-1-3-12(14)19/h1-8H,(H,20,23)/b13-8-. The Labute approximate surface area is 147 Å². The maximum atomic E-state index is 13.9. The third-order valence-electron chi connectivity index (χ3n) is 3.23. The summed E-state index contributed by atoms with van der Waals surface area (Å²) in [5.41, 5.74) is 1.01. The summed E-state index contributed by atoms with van der Waals surface area (Å²) in [6.07, 6.45) is 1.58. The van der Waals surface area contributed by atoms with Crippen molar-refractivity contribution in [2.45, 2.75) is 0 Å². The van der Waals surface area contributed by atoms with Crippen LogP contribution in [0.1, 0.15) is 5.56 Å². The Morgan fingerprint density at radius 2 is 1.87 bits per heavy atom. The fourth-order valence-corrected chi connectivity index (χ4v) is 2.75. The normalized spacial score (nSPS) is 16.1. The van der Waals surface area contributed by atoms with E-state index in [1.807, 2.05) is 0 Å². The van der Waals surface area contributed by atoms with Gasteiger partial charge in [-0.2, -0.15) is 0 Å². The summed E-state index contributed by atoms with van der Waals surface area (Å²) in [6, 6.07) is 10.9. The van der Waals surface area contributed by atoms with Gasteiger partial charge in [-0.05, 0) is 48.1 Å². The van der Waals surface area contributed by atoms with Gasteiger partial charge in [-0.1, -0.05) is 41.4 Å². The van der Waals surface area contributed by atoms with Crippen LogP contribution in [-0.2, 0) is 4.79 Å². The van der Waals surface area contributed by atoms with Crippen LogP contribution in [0.5, 0.6) is 0 Å². The number of hydrogen-bond acceptors (Lipinski definition) is 2. The Hall–Kier alpha value is -1.95. The highest BCUT2D eigenvalue weighted by molar-refractivity contribution is 7.80. The van der Waals surface area contributed by atoms with Crippen molar-refractivity contribution in [3.63, 3.8) is 0 Å². The minimum atomic E-state index is -0.527. The van der Waals surface area contributed by atoms with Gasteiger partial charge in [0.1, 0.15) is 11.5 Å². The molecule has 1 N–H and O–H groups in total. The van der Waals surface area contributed by atoms with E-state index in [0.29, 0.717) is 15.6 Å². The van der Waals surface area contributed by atoms with Crippen molar-refractivity contribution in [1.29, 1.82) is 0 Å². The van der Waals surface area contributed by atoms with Gasteiger partial charge in [-0.25, -0.2) is 9.29 Å². The zero-order valence-corrected chi connectivity index (χ0v) is 13.8. The monoisotopic (exact) mass is 366 g/mol. The highest BCUT2D eigenvalue weighted by Crippen LogP contribution is 2.27. The number of hydrogen-bond donors (Lipinski definition) is 1. The molecule has 7 heteroatoms. The first-order valence-electron chi connectivity index (χ1n) is 6.54. The molecule has 23 heavy (non-hydrogen) atoms. The summed E-state index contributed by atoms with van der Waals surface area (Å²) in [4.78, 5) is 13.6. The Balaban J connectivity index is 1.96. The Kier molecular flexibility index (Phi) is 4.35. The quantitative estimate of drug-likeness (QED) is 0.631. The molecule has 0 spiro atoms. The topological polar surface area (TPSA) is 32.3 Å². The van der Waals surface area contributed by atoms with Crippen LogP contribution < -0.4 is 10.2 Å². The lowest BCUT2D eigenvalue weighted by molar-refractivity contribution is -0.113. The minimum Gasteiger partial charge on any atom is -0.327 e. The Morgan fingerprint density at radius 1 is 1.13 bits per heavy atom.